The molecule has 2 nitrogen and oxygen atoms in total. The first-order valence-electron chi connectivity index (χ1n) is 7.31. The molecule has 1 aliphatic carbocycles. The summed E-state index contributed by atoms with van der Waals surface area (Å²) in [6.45, 7) is 0. The Labute approximate surface area is 122 Å². The van der Waals surface area contributed by atoms with Gasteiger partial charge in [-0.25, -0.2) is 4.99 Å². The van der Waals surface area contributed by atoms with Crippen molar-refractivity contribution < 1.29 is 0 Å². The van der Waals surface area contributed by atoms with Crippen molar-refractivity contribution in [2.24, 2.45) is 12.0 Å². The molecule has 100 valence electrons. The van der Waals surface area contributed by atoms with E-state index in [1.54, 1.807) is 0 Å². The van der Waals surface area contributed by atoms with E-state index in [-0.39, 0.29) is 0 Å². The Bertz CT molecular complexity index is 1010. The molecule has 0 N–H and O–H groups in total. The van der Waals surface area contributed by atoms with Crippen LogP contribution in [-0.2, 0) is 7.05 Å². The van der Waals surface area contributed by atoms with Crippen molar-refractivity contribution in [3.05, 3.63) is 60.2 Å². The molecule has 3 aromatic rings. The average molecular weight is 270 g/mol. The van der Waals surface area contributed by atoms with E-state index in [2.05, 4.69) is 66.2 Å². The predicted octanol–water partition coefficient (Wildman–Crippen LogP) is 4.76. The molecule has 0 saturated heterocycles. The fourth-order valence-corrected chi connectivity index (χ4v) is 3.62. The molecule has 2 aromatic carbocycles. The van der Waals surface area contributed by atoms with E-state index in [9.17, 15) is 0 Å². The van der Waals surface area contributed by atoms with Crippen molar-refractivity contribution in [1.29, 1.82) is 0 Å². The first kappa shape index (κ1) is 11.1. The number of fused-ring (bicyclic) bond motifs is 7. The first-order chi connectivity index (χ1) is 10.3. The molecule has 0 unspecified atom stereocenters. The Morgan fingerprint density at radius 3 is 2.90 bits per heavy atom. The van der Waals surface area contributed by atoms with Gasteiger partial charge in [0.25, 0.3) is 0 Å². The molecule has 2 aliphatic rings. The standard InChI is InChI=1S/C19H14N2/c1-21-16-9-5-3-7-13(16)19-17(21)11-10-15-18(19)12-6-2-4-8-14(12)20-15/h3-11H,2H2,1H3. The number of nitrogens with zero attached hydrogens (tertiary/aromatic N) is 2. The number of hydrogen-bond acceptors (Lipinski definition) is 1. The lowest BCUT2D eigenvalue weighted by Crippen LogP contribution is -1.96. The molecule has 21 heavy (non-hydrogen) atoms. The number of hydrogen-bond donors (Lipinski definition) is 0. The zero-order valence-electron chi connectivity index (χ0n) is 11.8. The quantitative estimate of drug-likeness (QED) is 0.560. The lowest BCUT2D eigenvalue weighted by molar-refractivity contribution is 1.01. The smallest absolute Gasteiger partial charge is 0.0724 e. The van der Waals surface area contributed by atoms with E-state index in [1.165, 1.54) is 32.9 Å². The Hall–Kier alpha value is -2.61. The molecule has 2 heterocycles. The normalized spacial score (nSPS) is 16.0. The topological polar surface area (TPSA) is 17.3 Å². The molecule has 0 bridgehead atoms. The molecular weight excluding hydrogens is 256 g/mol. The fourth-order valence-electron chi connectivity index (χ4n) is 3.62. The van der Waals surface area contributed by atoms with E-state index < -0.39 is 0 Å². The van der Waals surface area contributed by atoms with Gasteiger partial charge in [-0.2, -0.15) is 0 Å². The van der Waals surface area contributed by atoms with Gasteiger partial charge in [0.15, 0.2) is 0 Å². The second kappa shape index (κ2) is 3.73. The molecule has 0 fully saturated rings. The van der Waals surface area contributed by atoms with Crippen molar-refractivity contribution in [1.82, 2.24) is 4.57 Å². The lowest BCUT2D eigenvalue weighted by atomic mass is 9.94. The molecule has 0 atom stereocenters. The largest absolute Gasteiger partial charge is 0.344 e. The number of para-hydroxylation sites is 1. The summed E-state index contributed by atoms with van der Waals surface area (Å²) in [5.41, 5.74) is 7.38. The van der Waals surface area contributed by atoms with Crippen LogP contribution in [0.5, 0.6) is 0 Å². The maximum atomic E-state index is 4.79. The summed E-state index contributed by atoms with van der Waals surface area (Å²) in [5.74, 6) is 0. The molecule has 0 saturated carbocycles. The molecule has 0 amide bonds. The van der Waals surface area contributed by atoms with Gasteiger partial charge in [0, 0.05) is 40.0 Å². The van der Waals surface area contributed by atoms with Crippen LogP contribution in [-0.4, -0.2) is 10.3 Å². The zero-order chi connectivity index (χ0) is 14.0. The van der Waals surface area contributed by atoms with E-state index >= 15 is 0 Å². The van der Waals surface area contributed by atoms with Crippen LogP contribution in [0.15, 0.2) is 59.6 Å². The van der Waals surface area contributed by atoms with Gasteiger partial charge in [0.2, 0.25) is 0 Å². The average Bonchev–Trinajstić information content (AvgIpc) is 3.04. The van der Waals surface area contributed by atoms with Gasteiger partial charge in [0.1, 0.15) is 0 Å². The second-order valence-electron chi connectivity index (χ2n) is 5.68. The number of benzene rings is 2. The van der Waals surface area contributed by atoms with Crippen molar-refractivity contribution in [2.45, 2.75) is 6.42 Å². The lowest BCUT2D eigenvalue weighted by Gasteiger charge is -2.07. The fraction of sp³-hybridized carbons (Fsp3) is 0.105. The third-order valence-electron chi connectivity index (χ3n) is 4.58. The highest BCUT2D eigenvalue weighted by molar-refractivity contribution is 6.38. The second-order valence-corrected chi connectivity index (χ2v) is 5.68. The molecule has 0 spiro atoms. The summed E-state index contributed by atoms with van der Waals surface area (Å²) in [5, 5.41) is 2.66. The van der Waals surface area contributed by atoms with Crippen LogP contribution >= 0.6 is 0 Å². The first-order valence-corrected chi connectivity index (χ1v) is 7.31. The molecule has 2 heteroatoms. The maximum absolute atomic E-state index is 4.79. The molecule has 1 aromatic heterocycles. The minimum Gasteiger partial charge on any atom is -0.344 e. The van der Waals surface area contributed by atoms with Gasteiger partial charge >= 0.3 is 0 Å². The van der Waals surface area contributed by atoms with E-state index in [4.69, 9.17) is 4.99 Å². The van der Waals surface area contributed by atoms with Gasteiger partial charge in [-0.05, 0) is 30.7 Å². The van der Waals surface area contributed by atoms with Gasteiger partial charge in [-0.1, -0.05) is 30.4 Å². The number of aromatic nitrogens is 1. The highest BCUT2D eigenvalue weighted by Crippen LogP contribution is 2.44. The van der Waals surface area contributed by atoms with E-state index in [0.717, 1.165) is 17.8 Å². The van der Waals surface area contributed by atoms with Gasteiger partial charge in [-0.3, -0.25) is 0 Å². The van der Waals surface area contributed by atoms with Gasteiger partial charge < -0.3 is 4.57 Å². The number of aryl methyl sites for hydroxylation is 1. The Balaban J connectivity index is 2.00. The summed E-state index contributed by atoms with van der Waals surface area (Å²) in [6.07, 6.45) is 7.61. The number of allylic oxidation sites excluding steroid dienone is 4. The van der Waals surface area contributed by atoms with Gasteiger partial charge in [-0.15, -0.1) is 0 Å². The SMILES string of the molecule is Cn1c2ccccc2c2c3c(ccc21)N=C1C=CCC=C13. The zero-order valence-corrected chi connectivity index (χ0v) is 11.8. The van der Waals surface area contributed by atoms with Crippen molar-refractivity contribution in [3.63, 3.8) is 0 Å². The van der Waals surface area contributed by atoms with Crippen molar-refractivity contribution >= 4 is 38.8 Å². The number of rotatable bonds is 0. The minimum absolute atomic E-state index is 0.995. The Morgan fingerprint density at radius 1 is 1.05 bits per heavy atom. The van der Waals surface area contributed by atoms with Crippen LogP contribution in [0, 0.1) is 0 Å². The highest BCUT2D eigenvalue weighted by atomic mass is 14.9. The summed E-state index contributed by atoms with van der Waals surface area (Å²) < 4.78 is 2.28. The van der Waals surface area contributed by atoms with Crippen molar-refractivity contribution in [3.8, 4) is 0 Å². The van der Waals surface area contributed by atoms with E-state index in [0.29, 0.717) is 0 Å². The maximum Gasteiger partial charge on any atom is 0.0724 e. The monoisotopic (exact) mass is 270 g/mol. The van der Waals surface area contributed by atoms with Crippen LogP contribution in [0.25, 0.3) is 27.4 Å². The third-order valence-corrected chi connectivity index (χ3v) is 4.58. The van der Waals surface area contributed by atoms with Crippen LogP contribution < -0.4 is 0 Å². The summed E-state index contributed by atoms with van der Waals surface area (Å²) in [7, 11) is 2.14. The molecule has 0 radical (unpaired) electrons. The van der Waals surface area contributed by atoms with Crippen LogP contribution in [0.3, 0.4) is 0 Å². The Morgan fingerprint density at radius 2 is 1.95 bits per heavy atom. The van der Waals surface area contributed by atoms with Crippen LogP contribution in [0.2, 0.25) is 0 Å². The number of aliphatic imine (C=N–C) groups is 1. The third kappa shape index (κ3) is 1.30. The molecular formula is C19H14N2. The van der Waals surface area contributed by atoms with Crippen molar-refractivity contribution in [2.75, 3.05) is 0 Å². The van der Waals surface area contributed by atoms with Crippen LogP contribution in [0.1, 0.15) is 12.0 Å². The summed E-state index contributed by atoms with van der Waals surface area (Å²) >= 11 is 0. The minimum atomic E-state index is 0.995. The molecule has 5 rings (SSSR count). The molecule has 1 aliphatic heterocycles. The highest BCUT2D eigenvalue weighted by Gasteiger charge is 2.25. The van der Waals surface area contributed by atoms with Crippen LogP contribution in [0.4, 0.5) is 5.69 Å². The summed E-state index contributed by atoms with van der Waals surface area (Å²) in [4.78, 5) is 4.79. The van der Waals surface area contributed by atoms with E-state index in [1.807, 2.05) is 0 Å². The van der Waals surface area contributed by atoms with Gasteiger partial charge in [0.05, 0.1) is 11.4 Å². The summed E-state index contributed by atoms with van der Waals surface area (Å²) in [6, 6.07) is 13.0. The predicted molar refractivity (Wildman–Crippen MR) is 89.3 cm³/mol. The Kier molecular flexibility index (Phi) is 1.97.